The number of carbonyl (C=O) groups is 3. The van der Waals surface area contributed by atoms with Crippen molar-refractivity contribution in [1.82, 2.24) is 15.5 Å². The molecule has 2 aliphatic heterocycles. The second-order valence-corrected chi connectivity index (χ2v) is 8.59. The number of imide groups is 1. The van der Waals surface area contributed by atoms with Gasteiger partial charge in [-0.1, -0.05) is 30.3 Å². The van der Waals surface area contributed by atoms with Gasteiger partial charge in [0.05, 0.1) is 6.54 Å². The largest absolute Gasteiger partial charge is 0.486 e. The van der Waals surface area contributed by atoms with Gasteiger partial charge in [0.15, 0.2) is 11.5 Å². The zero-order valence-corrected chi connectivity index (χ0v) is 17.8. The number of urea groups is 1. The molecule has 0 saturated carbocycles. The summed E-state index contributed by atoms with van der Waals surface area (Å²) in [6, 6.07) is 12.7. The highest BCUT2D eigenvalue weighted by molar-refractivity contribution is 6.09. The zero-order chi connectivity index (χ0) is 22.3. The molecule has 5 rings (SSSR count). The molecule has 166 valence electrons. The van der Waals surface area contributed by atoms with Crippen LogP contribution < -0.4 is 20.1 Å². The minimum absolute atomic E-state index is 0.207. The Bertz CT molecular complexity index is 1100. The number of para-hydroxylation sites is 2. The molecular weight excluding hydrogens is 410 g/mol. The molecule has 1 aliphatic carbocycles. The third-order valence-corrected chi connectivity index (χ3v) is 6.35. The van der Waals surface area contributed by atoms with Crippen molar-refractivity contribution in [1.29, 1.82) is 0 Å². The number of benzene rings is 2. The van der Waals surface area contributed by atoms with Crippen LogP contribution in [0.3, 0.4) is 0 Å². The van der Waals surface area contributed by atoms with E-state index in [4.69, 9.17) is 9.47 Å². The van der Waals surface area contributed by atoms with Crippen molar-refractivity contribution in [3.05, 3.63) is 59.2 Å². The summed E-state index contributed by atoms with van der Waals surface area (Å²) in [5.74, 6) is 0.424. The molecule has 8 nitrogen and oxygen atoms in total. The SMILES string of the molecule is C[C@]1(c2ccc3c(c2)CCC3)NC(=O)N(CC(=O)NC[C@@H]2COc3ccccc3O2)C1=O. The Kier molecular flexibility index (Phi) is 5.00. The molecule has 2 atom stereocenters. The van der Waals surface area contributed by atoms with E-state index >= 15 is 0 Å². The quantitative estimate of drug-likeness (QED) is 0.700. The topological polar surface area (TPSA) is 97.0 Å². The average Bonchev–Trinajstić information content (AvgIpc) is 3.36. The molecule has 0 spiro atoms. The van der Waals surface area contributed by atoms with E-state index < -0.39 is 23.4 Å². The van der Waals surface area contributed by atoms with Gasteiger partial charge in [0.25, 0.3) is 5.91 Å². The van der Waals surface area contributed by atoms with Crippen LogP contribution in [0, 0.1) is 0 Å². The van der Waals surface area contributed by atoms with Crippen molar-refractivity contribution in [3.63, 3.8) is 0 Å². The lowest BCUT2D eigenvalue weighted by Gasteiger charge is -2.26. The molecule has 1 saturated heterocycles. The molecule has 32 heavy (non-hydrogen) atoms. The van der Waals surface area contributed by atoms with Crippen LogP contribution in [0.4, 0.5) is 4.79 Å². The van der Waals surface area contributed by atoms with Crippen LogP contribution in [0.25, 0.3) is 0 Å². The molecule has 2 heterocycles. The van der Waals surface area contributed by atoms with Gasteiger partial charge in [-0.05, 0) is 55.0 Å². The van der Waals surface area contributed by atoms with Gasteiger partial charge in [0, 0.05) is 0 Å². The van der Waals surface area contributed by atoms with Crippen molar-refractivity contribution < 1.29 is 23.9 Å². The number of ether oxygens (including phenoxy) is 2. The predicted molar refractivity (Wildman–Crippen MR) is 115 cm³/mol. The van der Waals surface area contributed by atoms with Crippen LogP contribution in [-0.4, -0.2) is 48.5 Å². The maximum absolute atomic E-state index is 13.1. The molecule has 3 aliphatic rings. The predicted octanol–water partition coefficient (Wildman–Crippen LogP) is 1.90. The highest BCUT2D eigenvalue weighted by Gasteiger charge is 2.49. The average molecular weight is 435 g/mol. The summed E-state index contributed by atoms with van der Waals surface area (Å²) in [5, 5.41) is 5.51. The summed E-state index contributed by atoms with van der Waals surface area (Å²) in [6.07, 6.45) is 2.77. The highest BCUT2D eigenvalue weighted by atomic mass is 16.6. The molecule has 2 aromatic carbocycles. The number of rotatable bonds is 5. The number of hydrogen-bond acceptors (Lipinski definition) is 5. The number of carbonyl (C=O) groups excluding carboxylic acids is 3. The Labute approximate surface area is 185 Å². The van der Waals surface area contributed by atoms with E-state index in [-0.39, 0.29) is 19.2 Å². The van der Waals surface area contributed by atoms with Crippen molar-refractivity contribution in [2.24, 2.45) is 0 Å². The molecule has 2 N–H and O–H groups in total. The lowest BCUT2D eigenvalue weighted by atomic mass is 9.89. The number of amides is 4. The molecule has 0 bridgehead atoms. The maximum atomic E-state index is 13.1. The summed E-state index contributed by atoms with van der Waals surface area (Å²) >= 11 is 0. The third-order valence-electron chi connectivity index (χ3n) is 6.35. The van der Waals surface area contributed by atoms with Crippen molar-refractivity contribution in [2.45, 2.75) is 37.8 Å². The van der Waals surface area contributed by atoms with Crippen LogP contribution in [0.2, 0.25) is 0 Å². The molecule has 0 unspecified atom stereocenters. The number of nitrogens with zero attached hydrogens (tertiary/aromatic N) is 1. The first-order valence-corrected chi connectivity index (χ1v) is 10.9. The van der Waals surface area contributed by atoms with Crippen molar-refractivity contribution in [3.8, 4) is 11.5 Å². The Morgan fingerprint density at radius 2 is 1.94 bits per heavy atom. The Balaban J connectivity index is 1.21. The molecule has 1 fully saturated rings. The van der Waals surface area contributed by atoms with Crippen molar-refractivity contribution >= 4 is 17.8 Å². The first-order valence-electron chi connectivity index (χ1n) is 10.9. The van der Waals surface area contributed by atoms with E-state index in [9.17, 15) is 14.4 Å². The smallest absolute Gasteiger partial charge is 0.325 e. The number of fused-ring (bicyclic) bond motifs is 2. The summed E-state index contributed by atoms with van der Waals surface area (Å²) in [7, 11) is 0. The van der Waals surface area contributed by atoms with Gasteiger partial charge in [0.1, 0.15) is 24.8 Å². The number of nitrogens with one attached hydrogen (secondary N) is 2. The van der Waals surface area contributed by atoms with Gasteiger partial charge in [0.2, 0.25) is 5.91 Å². The van der Waals surface area contributed by atoms with E-state index in [0.29, 0.717) is 18.1 Å². The third kappa shape index (κ3) is 3.55. The number of aryl methyl sites for hydroxylation is 2. The van der Waals surface area contributed by atoms with E-state index in [0.717, 1.165) is 29.7 Å². The van der Waals surface area contributed by atoms with Gasteiger partial charge in [-0.25, -0.2) is 4.79 Å². The van der Waals surface area contributed by atoms with E-state index in [1.54, 1.807) is 13.0 Å². The Morgan fingerprint density at radius 3 is 2.78 bits per heavy atom. The lowest BCUT2D eigenvalue weighted by Crippen LogP contribution is -2.46. The summed E-state index contributed by atoms with van der Waals surface area (Å²) < 4.78 is 11.5. The summed E-state index contributed by atoms with van der Waals surface area (Å²) in [5.41, 5.74) is 2.07. The fourth-order valence-electron chi connectivity index (χ4n) is 4.51. The first-order chi connectivity index (χ1) is 15.4. The molecular formula is C24H25N3O5. The molecule has 0 aromatic heterocycles. The summed E-state index contributed by atoms with van der Waals surface area (Å²) in [4.78, 5) is 39.2. The van der Waals surface area contributed by atoms with Crippen LogP contribution in [0.5, 0.6) is 11.5 Å². The van der Waals surface area contributed by atoms with E-state index in [1.807, 2.05) is 36.4 Å². The fraction of sp³-hybridized carbons (Fsp3) is 0.375. The second kappa shape index (κ2) is 7.85. The van der Waals surface area contributed by atoms with Gasteiger partial charge in [-0.15, -0.1) is 0 Å². The maximum Gasteiger partial charge on any atom is 0.325 e. The zero-order valence-electron chi connectivity index (χ0n) is 17.8. The van der Waals surface area contributed by atoms with Crippen LogP contribution in [-0.2, 0) is 28.0 Å². The molecule has 8 heteroatoms. The minimum atomic E-state index is -1.18. The standard InChI is InChI=1S/C24H25N3O5/c1-24(17-10-9-15-5-4-6-16(15)11-17)22(29)27(23(30)26-24)13-21(28)25-12-18-14-31-19-7-2-3-8-20(19)32-18/h2-3,7-11,18H,4-6,12-14H2,1H3,(H,25,28)(H,26,30)/t18-,24-/m1/s1. The molecule has 0 radical (unpaired) electrons. The van der Waals surface area contributed by atoms with Crippen molar-refractivity contribution in [2.75, 3.05) is 19.7 Å². The second-order valence-electron chi connectivity index (χ2n) is 8.59. The van der Waals surface area contributed by atoms with Gasteiger partial charge >= 0.3 is 6.03 Å². The Morgan fingerprint density at radius 1 is 1.16 bits per heavy atom. The van der Waals surface area contributed by atoms with E-state index in [2.05, 4.69) is 10.6 Å². The Hall–Kier alpha value is -3.55. The summed E-state index contributed by atoms with van der Waals surface area (Å²) in [6.45, 7) is 1.84. The fourth-order valence-corrected chi connectivity index (χ4v) is 4.51. The van der Waals surface area contributed by atoms with E-state index in [1.165, 1.54) is 11.1 Å². The van der Waals surface area contributed by atoms with Crippen LogP contribution in [0.1, 0.15) is 30.0 Å². The van der Waals surface area contributed by atoms with Gasteiger partial charge < -0.3 is 20.1 Å². The van der Waals surface area contributed by atoms with Crippen LogP contribution in [0.15, 0.2) is 42.5 Å². The first kappa shape index (κ1) is 20.4. The number of hydrogen-bond donors (Lipinski definition) is 2. The minimum Gasteiger partial charge on any atom is -0.486 e. The monoisotopic (exact) mass is 435 g/mol. The van der Waals surface area contributed by atoms with Crippen LogP contribution >= 0.6 is 0 Å². The molecule has 2 aromatic rings. The normalized spacial score (nSPS) is 23.7. The van der Waals surface area contributed by atoms with Gasteiger partial charge in [-0.2, -0.15) is 0 Å². The molecule has 4 amide bonds. The lowest BCUT2D eigenvalue weighted by molar-refractivity contribution is -0.134. The van der Waals surface area contributed by atoms with Gasteiger partial charge in [-0.3, -0.25) is 14.5 Å². The highest BCUT2D eigenvalue weighted by Crippen LogP contribution is 2.33.